The average Bonchev–Trinajstić information content (AvgIpc) is 3.13. The Bertz CT molecular complexity index is 804. The molecule has 6 nitrogen and oxygen atoms in total. The summed E-state index contributed by atoms with van der Waals surface area (Å²) in [6, 6.07) is 9.05. The van der Waals surface area contributed by atoms with Gasteiger partial charge < -0.3 is 9.73 Å². The summed E-state index contributed by atoms with van der Waals surface area (Å²) in [7, 11) is 0. The number of carbonyl (C=O) groups excluding carboxylic acids is 2. The molecule has 0 aliphatic rings. The normalized spacial score (nSPS) is 10.6. The van der Waals surface area contributed by atoms with Gasteiger partial charge in [-0.2, -0.15) is 0 Å². The number of furan rings is 1. The van der Waals surface area contributed by atoms with E-state index in [0.29, 0.717) is 17.3 Å². The van der Waals surface area contributed by atoms with Crippen LogP contribution in [0.15, 0.2) is 40.1 Å². The molecule has 0 fully saturated rings. The first-order valence-corrected chi connectivity index (χ1v) is 7.59. The number of hydrogen-bond acceptors (Lipinski definition) is 5. The molecule has 0 unspecified atom stereocenters. The summed E-state index contributed by atoms with van der Waals surface area (Å²) in [5.74, 6) is -0.452. The van der Waals surface area contributed by atoms with Gasteiger partial charge in [-0.25, -0.2) is 4.98 Å². The monoisotopic (exact) mass is 315 g/mol. The van der Waals surface area contributed by atoms with Crippen LogP contribution in [0.4, 0.5) is 5.13 Å². The van der Waals surface area contributed by atoms with Gasteiger partial charge in [-0.1, -0.05) is 18.2 Å². The summed E-state index contributed by atoms with van der Waals surface area (Å²) in [6.07, 6.45) is 0. The molecule has 3 rings (SSSR count). The summed E-state index contributed by atoms with van der Waals surface area (Å²) in [5, 5.41) is 8.09. The van der Waals surface area contributed by atoms with Gasteiger partial charge in [-0.05, 0) is 19.1 Å². The predicted molar refractivity (Wildman–Crippen MR) is 84.3 cm³/mol. The zero-order valence-corrected chi connectivity index (χ0v) is 12.6. The van der Waals surface area contributed by atoms with Crippen LogP contribution in [-0.4, -0.2) is 23.3 Å². The van der Waals surface area contributed by atoms with Crippen molar-refractivity contribution in [2.75, 3.05) is 11.9 Å². The van der Waals surface area contributed by atoms with Crippen molar-refractivity contribution >= 4 is 39.3 Å². The number of rotatable bonds is 4. The first kappa shape index (κ1) is 14.3. The topological polar surface area (TPSA) is 84.2 Å². The smallest absolute Gasteiger partial charge is 0.293 e. The second-order valence-electron chi connectivity index (χ2n) is 4.50. The maximum atomic E-state index is 12.1. The minimum atomic E-state index is -0.395. The van der Waals surface area contributed by atoms with E-state index < -0.39 is 5.91 Å². The zero-order chi connectivity index (χ0) is 15.5. The van der Waals surface area contributed by atoms with Gasteiger partial charge in [0.2, 0.25) is 0 Å². The van der Waals surface area contributed by atoms with Crippen LogP contribution < -0.4 is 10.6 Å². The van der Waals surface area contributed by atoms with Crippen LogP contribution in [0, 0.1) is 0 Å². The lowest BCUT2D eigenvalue weighted by Crippen LogP contribution is -2.23. The van der Waals surface area contributed by atoms with Crippen molar-refractivity contribution in [1.82, 2.24) is 10.3 Å². The third kappa shape index (κ3) is 2.84. The van der Waals surface area contributed by atoms with E-state index in [4.69, 9.17) is 4.42 Å². The molecule has 0 aliphatic heterocycles. The van der Waals surface area contributed by atoms with Gasteiger partial charge in [0.25, 0.3) is 11.8 Å². The fraction of sp³-hybridized carbons (Fsp3) is 0.133. The van der Waals surface area contributed by atoms with Crippen molar-refractivity contribution in [3.63, 3.8) is 0 Å². The molecule has 2 N–H and O–H groups in total. The summed E-state index contributed by atoms with van der Waals surface area (Å²) in [5.41, 5.74) is 0.932. The average molecular weight is 315 g/mol. The highest BCUT2D eigenvalue weighted by Gasteiger charge is 2.15. The molecule has 0 saturated heterocycles. The molecule has 2 amide bonds. The quantitative estimate of drug-likeness (QED) is 0.775. The van der Waals surface area contributed by atoms with E-state index in [2.05, 4.69) is 15.6 Å². The Morgan fingerprint density at radius 3 is 2.86 bits per heavy atom. The molecule has 0 bridgehead atoms. The number of aromatic nitrogens is 1. The number of thiazole rings is 1. The van der Waals surface area contributed by atoms with Crippen molar-refractivity contribution in [2.45, 2.75) is 6.92 Å². The SMILES string of the molecule is CCNC(=O)c1csc(NC(=O)c2cc3ccccc3o2)n1. The van der Waals surface area contributed by atoms with Crippen LogP contribution in [0.25, 0.3) is 11.0 Å². The van der Waals surface area contributed by atoms with Crippen LogP contribution in [0.3, 0.4) is 0 Å². The molecule has 0 radical (unpaired) electrons. The lowest BCUT2D eigenvalue weighted by atomic mass is 10.2. The van der Waals surface area contributed by atoms with Gasteiger partial charge in [0.15, 0.2) is 10.9 Å². The van der Waals surface area contributed by atoms with Gasteiger partial charge in [0.05, 0.1) is 0 Å². The second kappa shape index (κ2) is 5.98. The van der Waals surface area contributed by atoms with Crippen molar-refractivity contribution in [3.8, 4) is 0 Å². The standard InChI is InChI=1S/C15H13N3O3S/c1-2-16-13(19)10-8-22-15(17-10)18-14(20)12-7-9-5-3-4-6-11(9)21-12/h3-8H,2H2,1H3,(H,16,19)(H,17,18,20). The lowest BCUT2D eigenvalue weighted by Gasteiger charge is -1.98. The lowest BCUT2D eigenvalue weighted by molar-refractivity contribution is 0.0949. The van der Waals surface area contributed by atoms with E-state index in [0.717, 1.165) is 5.39 Å². The molecule has 3 aromatic rings. The van der Waals surface area contributed by atoms with Gasteiger partial charge in [-0.15, -0.1) is 11.3 Å². The summed E-state index contributed by atoms with van der Waals surface area (Å²) in [4.78, 5) is 27.9. The molecule has 0 atom stereocenters. The molecule has 2 heterocycles. The van der Waals surface area contributed by atoms with Gasteiger partial charge in [0, 0.05) is 17.3 Å². The van der Waals surface area contributed by atoms with Crippen LogP contribution in [0.5, 0.6) is 0 Å². The molecule has 2 aromatic heterocycles. The molecule has 0 spiro atoms. The fourth-order valence-electron chi connectivity index (χ4n) is 1.94. The Kier molecular flexibility index (Phi) is 3.88. The van der Waals surface area contributed by atoms with Crippen molar-refractivity contribution in [1.29, 1.82) is 0 Å². The first-order valence-electron chi connectivity index (χ1n) is 6.71. The highest BCUT2D eigenvalue weighted by molar-refractivity contribution is 7.14. The number of para-hydroxylation sites is 1. The zero-order valence-electron chi connectivity index (χ0n) is 11.8. The van der Waals surface area contributed by atoms with Crippen molar-refractivity contribution in [2.24, 2.45) is 0 Å². The number of hydrogen-bond donors (Lipinski definition) is 2. The van der Waals surface area contributed by atoms with Gasteiger partial charge >= 0.3 is 0 Å². The Hall–Kier alpha value is -2.67. The highest BCUT2D eigenvalue weighted by atomic mass is 32.1. The molecular weight excluding hydrogens is 302 g/mol. The van der Waals surface area contributed by atoms with Crippen LogP contribution in [0.1, 0.15) is 28.0 Å². The van der Waals surface area contributed by atoms with Gasteiger partial charge in [-0.3, -0.25) is 14.9 Å². The third-order valence-corrected chi connectivity index (χ3v) is 3.70. The minimum absolute atomic E-state index is 0.205. The molecule has 7 heteroatoms. The summed E-state index contributed by atoms with van der Waals surface area (Å²) < 4.78 is 5.48. The van der Waals surface area contributed by atoms with Crippen molar-refractivity contribution in [3.05, 3.63) is 47.2 Å². The van der Waals surface area contributed by atoms with Crippen LogP contribution >= 0.6 is 11.3 Å². The molecule has 0 aliphatic carbocycles. The number of benzene rings is 1. The summed E-state index contributed by atoms with van der Waals surface area (Å²) >= 11 is 1.19. The second-order valence-corrected chi connectivity index (χ2v) is 5.36. The highest BCUT2D eigenvalue weighted by Crippen LogP contribution is 2.21. The molecular formula is C15H13N3O3S. The summed E-state index contributed by atoms with van der Waals surface area (Å²) in [6.45, 7) is 2.35. The van der Waals surface area contributed by atoms with Gasteiger partial charge in [0.1, 0.15) is 11.3 Å². The van der Waals surface area contributed by atoms with E-state index in [-0.39, 0.29) is 17.4 Å². The largest absolute Gasteiger partial charge is 0.451 e. The third-order valence-electron chi connectivity index (χ3n) is 2.94. The molecule has 112 valence electrons. The van der Waals surface area contributed by atoms with E-state index >= 15 is 0 Å². The maximum Gasteiger partial charge on any atom is 0.293 e. The minimum Gasteiger partial charge on any atom is -0.451 e. The number of carbonyl (C=O) groups is 2. The number of nitrogens with one attached hydrogen (secondary N) is 2. The Morgan fingerprint density at radius 1 is 1.27 bits per heavy atom. The van der Waals surface area contributed by atoms with E-state index in [1.807, 2.05) is 25.1 Å². The number of anilines is 1. The Labute approximate surface area is 130 Å². The van der Waals surface area contributed by atoms with Crippen LogP contribution in [0.2, 0.25) is 0 Å². The fourth-order valence-corrected chi connectivity index (χ4v) is 2.62. The predicted octanol–water partition coefficient (Wildman–Crippen LogP) is 2.89. The number of nitrogens with zero attached hydrogens (tertiary/aromatic N) is 1. The Morgan fingerprint density at radius 2 is 2.09 bits per heavy atom. The van der Waals surface area contributed by atoms with E-state index in [1.54, 1.807) is 17.5 Å². The maximum absolute atomic E-state index is 12.1. The van der Waals surface area contributed by atoms with Crippen molar-refractivity contribution < 1.29 is 14.0 Å². The number of fused-ring (bicyclic) bond motifs is 1. The Balaban J connectivity index is 1.75. The molecule has 1 aromatic carbocycles. The van der Waals surface area contributed by atoms with E-state index in [9.17, 15) is 9.59 Å². The molecule has 22 heavy (non-hydrogen) atoms. The molecule has 0 saturated carbocycles. The van der Waals surface area contributed by atoms with E-state index in [1.165, 1.54) is 11.3 Å². The number of amides is 2. The first-order chi connectivity index (χ1) is 10.7. The van der Waals surface area contributed by atoms with Crippen LogP contribution in [-0.2, 0) is 0 Å².